The molecule has 0 spiro atoms. The highest BCUT2D eigenvalue weighted by molar-refractivity contribution is 5.84. The highest BCUT2D eigenvalue weighted by Gasteiger charge is 2.13. The van der Waals surface area contributed by atoms with Crippen molar-refractivity contribution in [1.29, 1.82) is 0 Å². The summed E-state index contributed by atoms with van der Waals surface area (Å²) < 4.78 is 36.5. The first-order valence-corrected chi connectivity index (χ1v) is 4.71. The maximum Gasteiger partial charge on any atom is 0.168 e. The van der Waals surface area contributed by atoms with E-state index in [0.717, 1.165) is 18.6 Å². The summed E-state index contributed by atoms with van der Waals surface area (Å²) >= 11 is 0. The van der Waals surface area contributed by atoms with Gasteiger partial charge in [-0.2, -0.15) is 0 Å². The number of hydrogen-bond donors (Lipinski definition) is 0. The fourth-order valence-electron chi connectivity index (χ4n) is 1.38. The lowest BCUT2D eigenvalue weighted by atomic mass is 10.2. The first kappa shape index (κ1) is 9.96. The van der Waals surface area contributed by atoms with E-state index in [1.807, 2.05) is 6.92 Å². The van der Waals surface area contributed by atoms with Gasteiger partial charge >= 0.3 is 0 Å². The van der Waals surface area contributed by atoms with Crippen molar-refractivity contribution in [2.75, 3.05) is 6.61 Å². The Bertz CT molecular complexity index is 477. The minimum atomic E-state index is -0.662. The molecule has 0 fully saturated rings. The van der Waals surface area contributed by atoms with Crippen LogP contribution < -0.4 is 4.74 Å². The summed E-state index contributed by atoms with van der Waals surface area (Å²) in [6, 6.07) is 1.95. The zero-order valence-corrected chi connectivity index (χ0v) is 8.22. The first-order valence-electron chi connectivity index (χ1n) is 4.71. The van der Waals surface area contributed by atoms with E-state index in [1.165, 1.54) is 6.26 Å². The summed E-state index contributed by atoms with van der Waals surface area (Å²) in [5, 5.41) is 0.199. The molecule has 4 heteroatoms. The van der Waals surface area contributed by atoms with Crippen LogP contribution in [0.25, 0.3) is 11.0 Å². The Hall–Kier alpha value is -1.58. The quantitative estimate of drug-likeness (QED) is 0.776. The number of ether oxygens (including phenoxy) is 1. The number of benzene rings is 1. The van der Waals surface area contributed by atoms with Gasteiger partial charge in [-0.25, -0.2) is 8.78 Å². The highest BCUT2D eigenvalue weighted by Crippen LogP contribution is 2.31. The van der Waals surface area contributed by atoms with Gasteiger partial charge in [-0.15, -0.1) is 0 Å². The molecule has 0 unspecified atom stereocenters. The van der Waals surface area contributed by atoms with Crippen molar-refractivity contribution in [2.45, 2.75) is 13.3 Å². The lowest BCUT2D eigenvalue weighted by Gasteiger charge is -2.01. The summed E-state index contributed by atoms with van der Waals surface area (Å²) in [5.74, 6) is -0.995. The van der Waals surface area contributed by atoms with Gasteiger partial charge in [0, 0.05) is 12.1 Å². The summed E-state index contributed by atoms with van der Waals surface area (Å²) in [5.41, 5.74) is 0.165. The summed E-state index contributed by atoms with van der Waals surface area (Å²) in [6.45, 7) is 2.42. The third-order valence-electron chi connectivity index (χ3n) is 2.02. The maximum absolute atomic E-state index is 13.4. The molecule has 0 saturated heterocycles. The van der Waals surface area contributed by atoms with Gasteiger partial charge in [0.1, 0.15) is 23.5 Å². The Morgan fingerprint density at radius 3 is 2.87 bits per heavy atom. The average Bonchev–Trinajstić information content (AvgIpc) is 2.58. The average molecular weight is 212 g/mol. The van der Waals surface area contributed by atoms with Crippen LogP contribution in [0.15, 0.2) is 22.8 Å². The number of furan rings is 1. The van der Waals surface area contributed by atoms with Crippen LogP contribution in [-0.2, 0) is 0 Å². The molecular formula is C11H10F2O2. The normalized spacial score (nSPS) is 10.9. The molecule has 0 saturated carbocycles. The fourth-order valence-corrected chi connectivity index (χ4v) is 1.38. The summed E-state index contributed by atoms with van der Waals surface area (Å²) in [7, 11) is 0. The lowest BCUT2D eigenvalue weighted by Crippen LogP contribution is -1.94. The molecule has 0 bridgehead atoms. The lowest BCUT2D eigenvalue weighted by molar-refractivity contribution is 0.316. The van der Waals surface area contributed by atoms with Gasteiger partial charge in [0.05, 0.1) is 12.0 Å². The standard InChI is InChI=1S/C11H10F2O2/c1-2-3-14-10-6-15-9-5-7(12)4-8(13)11(9)10/h4-6H,2-3H2,1H3. The number of halogens is 2. The van der Waals surface area contributed by atoms with Gasteiger partial charge in [0.25, 0.3) is 0 Å². The van der Waals surface area contributed by atoms with Gasteiger partial charge in [-0.3, -0.25) is 0 Å². The Balaban J connectivity index is 2.49. The molecule has 2 nitrogen and oxygen atoms in total. The van der Waals surface area contributed by atoms with Crippen molar-refractivity contribution >= 4 is 11.0 Å². The van der Waals surface area contributed by atoms with E-state index in [0.29, 0.717) is 12.4 Å². The molecule has 15 heavy (non-hydrogen) atoms. The van der Waals surface area contributed by atoms with Crippen LogP contribution in [0.1, 0.15) is 13.3 Å². The molecular weight excluding hydrogens is 202 g/mol. The molecule has 0 aliphatic carbocycles. The molecule has 2 rings (SSSR count). The molecule has 0 aliphatic heterocycles. The molecule has 0 aliphatic rings. The van der Waals surface area contributed by atoms with Gasteiger partial charge in [-0.05, 0) is 6.42 Å². The van der Waals surface area contributed by atoms with Crippen molar-refractivity contribution in [3.05, 3.63) is 30.0 Å². The molecule has 0 amide bonds. The zero-order valence-electron chi connectivity index (χ0n) is 8.22. The third kappa shape index (κ3) is 1.79. The van der Waals surface area contributed by atoms with E-state index in [4.69, 9.17) is 9.15 Å². The monoisotopic (exact) mass is 212 g/mol. The second-order valence-corrected chi connectivity index (χ2v) is 3.21. The SMILES string of the molecule is CCCOc1coc2cc(F)cc(F)c12. The van der Waals surface area contributed by atoms with Crippen LogP contribution in [0.2, 0.25) is 0 Å². The van der Waals surface area contributed by atoms with Gasteiger partial charge in [0.15, 0.2) is 5.75 Å². The number of fused-ring (bicyclic) bond motifs is 1. The molecule has 0 N–H and O–H groups in total. The third-order valence-corrected chi connectivity index (χ3v) is 2.02. The van der Waals surface area contributed by atoms with E-state index < -0.39 is 11.6 Å². The van der Waals surface area contributed by atoms with Crippen LogP contribution in [0.5, 0.6) is 5.75 Å². The highest BCUT2D eigenvalue weighted by atomic mass is 19.1. The minimum absolute atomic E-state index is 0.165. The number of rotatable bonds is 3. The van der Waals surface area contributed by atoms with Crippen LogP contribution in [0, 0.1) is 11.6 Å². The largest absolute Gasteiger partial charge is 0.489 e. The first-order chi connectivity index (χ1) is 7.22. The van der Waals surface area contributed by atoms with E-state index in [9.17, 15) is 8.78 Å². The predicted molar refractivity (Wildman–Crippen MR) is 51.9 cm³/mol. The Morgan fingerprint density at radius 1 is 1.33 bits per heavy atom. The van der Waals surface area contributed by atoms with Crippen LogP contribution in [-0.4, -0.2) is 6.61 Å². The molecule has 1 aromatic heterocycles. The van der Waals surface area contributed by atoms with E-state index in [-0.39, 0.29) is 11.0 Å². The molecule has 1 heterocycles. The second-order valence-electron chi connectivity index (χ2n) is 3.21. The van der Waals surface area contributed by atoms with Crippen LogP contribution in [0.4, 0.5) is 8.78 Å². The second kappa shape index (κ2) is 3.88. The Kier molecular flexibility index (Phi) is 2.58. The van der Waals surface area contributed by atoms with Crippen molar-refractivity contribution in [1.82, 2.24) is 0 Å². The number of hydrogen-bond acceptors (Lipinski definition) is 2. The van der Waals surface area contributed by atoms with Crippen LogP contribution in [0.3, 0.4) is 0 Å². The van der Waals surface area contributed by atoms with Crippen molar-refractivity contribution in [2.24, 2.45) is 0 Å². The summed E-state index contributed by atoms with van der Waals surface area (Å²) in [4.78, 5) is 0. The molecule has 2 aromatic rings. The Labute approximate surface area is 85.4 Å². The molecule has 1 aromatic carbocycles. The molecule has 80 valence electrons. The van der Waals surface area contributed by atoms with Crippen molar-refractivity contribution < 1.29 is 17.9 Å². The van der Waals surface area contributed by atoms with Gasteiger partial charge in [-0.1, -0.05) is 6.92 Å². The van der Waals surface area contributed by atoms with Crippen LogP contribution >= 0.6 is 0 Å². The molecule has 0 atom stereocenters. The van der Waals surface area contributed by atoms with E-state index in [1.54, 1.807) is 0 Å². The van der Waals surface area contributed by atoms with Crippen molar-refractivity contribution in [3.63, 3.8) is 0 Å². The van der Waals surface area contributed by atoms with E-state index >= 15 is 0 Å². The van der Waals surface area contributed by atoms with E-state index in [2.05, 4.69) is 0 Å². The maximum atomic E-state index is 13.4. The topological polar surface area (TPSA) is 22.4 Å². The fraction of sp³-hybridized carbons (Fsp3) is 0.273. The molecule has 0 radical (unpaired) electrons. The Morgan fingerprint density at radius 2 is 2.13 bits per heavy atom. The summed E-state index contributed by atoms with van der Waals surface area (Å²) in [6.07, 6.45) is 2.11. The minimum Gasteiger partial charge on any atom is -0.489 e. The van der Waals surface area contributed by atoms with Gasteiger partial charge < -0.3 is 9.15 Å². The smallest absolute Gasteiger partial charge is 0.168 e. The predicted octanol–water partition coefficient (Wildman–Crippen LogP) is 3.50. The van der Waals surface area contributed by atoms with Gasteiger partial charge in [0.2, 0.25) is 0 Å². The van der Waals surface area contributed by atoms with Crippen molar-refractivity contribution in [3.8, 4) is 5.75 Å². The zero-order chi connectivity index (χ0) is 10.8.